The number of rotatable bonds is 6. The molecule has 4 nitrogen and oxygen atoms in total. The van der Waals surface area contributed by atoms with Crippen LogP contribution in [0.25, 0.3) is 0 Å². The lowest BCUT2D eigenvalue weighted by atomic mass is 10.1. The molecule has 0 aliphatic rings. The maximum atomic E-state index is 8.56. The van der Waals surface area contributed by atoms with Crippen molar-refractivity contribution in [2.45, 2.75) is 39.0 Å². The Balaban J connectivity index is 0. The van der Waals surface area contributed by atoms with Crippen molar-refractivity contribution in [3.05, 3.63) is 0 Å². The van der Waals surface area contributed by atoms with E-state index in [9.17, 15) is 0 Å². The van der Waals surface area contributed by atoms with Crippen molar-refractivity contribution in [3.63, 3.8) is 0 Å². The van der Waals surface area contributed by atoms with E-state index in [1.54, 1.807) is 0 Å². The summed E-state index contributed by atoms with van der Waals surface area (Å²) < 4.78 is 1.12. The molecule has 0 aromatic heterocycles. The van der Waals surface area contributed by atoms with E-state index in [-0.39, 0.29) is 0 Å². The van der Waals surface area contributed by atoms with Gasteiger partial charge < -0.3 is 14.7 Å². The molecule has 0 rings (SSSR count). The van der Waals surface area contributed by atoms with Gasteiger partial charge in [0.15, 0.2) is 0 Å². The van der Waals surface area contributed by atoms with Gasteiger partial charge in [-0.25, -0.2) is 4.79 Å². The van der Waals surface area contributed by atoms with Crippen molar-refractivity contribution in [3.8, 4) is 0 Å². The second-order valence-electron chi connectivity index (χ2n) is 4.71. The highest BCUT2D eigenvalue weighted by Crippen LogP contribution is 2.04. The van der Waals surface area contributed by atoms with E-state index < -0.39 is 6.16 Å². The second-order valence-corrected chi connectivity index (χ2v) is 4.71. The molecule has 0 aliphatic carbocycles. The molecule has 0 amide bonds. The molecule has 0 saturated heterocycles. The molecule has 0 aromatic carbocycles. The van der Waals surface area contributed by atoms with Crippen LogP contribution in [0, 0.1) is 0 Å². The van der Waals surface area contributed by atoms with Crippen LogP contribution >= 0.6 is 0 Å². The summed E-state index contributed by atoms with van der Waals surface area (Å²) in [6.07, 6.45) is 5.17. The number of quaternary nitrogens is 1. The Morgan fingerprint density at radius 1 is 1.00 bits per heavy atom. The third kappa shape index (κ3) is 31.9. The minimum atomic E-state index is -1.83. The van der Waals surface area contributed by atoms with Gasteiger partial charge in [-0.1, -0.05) is 26.2 Å². The van der Waals surface area contributed by atoms with Crippen LogP contribution in [0.5, 0.6) is 0 Å². The first-order chi connectivity index (χ1) is 6.79. The van der Waals surface area contributed by atoms with E-state index in [0.717, 1.165) is 4.48 Å². The lowest BCUT2D eigenvalue weighted by Crippen LogP contribution is -2.35. The molecule has 0 heterocycles. The Bertz CT molecular complexity index is 148. The summed E-state index contributed by atoms with van der Waals surface area (Å²) >= 11 is 0. The fraction of sp³-hybridized carbons (Fsp3) is 0.909. The third-order valence-electron chi connectivity index (χ3n) is 1.93. The highest BCUT2D eigenvalue weighted by molar-refractivity contribution is 5.53. The first-order valence-corrected chi connectivity index (χ1v) is 5.52. The topological polar surface area (TPSA) is 57.5 Å². The van der Waals surface area contributed by atoms with Crippen LogP contribution in [0.15, 0.2) is 0 Å². The molecule has 15 heavy (non-hydrogen) atoms. The largest absolute Gasteiger partial charge is 0.503 e. The summed E-state index contributed by atoms with van der Waals surface area (Å²) in [5.41, 5.74) is 0. The molecule has 0 unspecified atom stereocenters. The summed E-state index contributed by atoms with van der Waals surface area (Å²) in [5, 5.41) is 13.9. The summed E-state index contributed by atoms with van der Waals surface area (Å²) in [6, 6.07) is 0. The summed E-state index contributed by atoms with van der Waals surface area (Å²) in [4.78, 5) is 8.56. The number of carboxylic acid groups (broad SMARTS) is 2. The van der Waals surface area contributed by atoms with Crippen LogP contribution in [0.4, 0.5) is 4.79 Å². The fourth-order valence-corrected chi connectivity index (χ4v) is 1.19. The van der Waals surface area contributed by atoms with Gasteiger partial charge >= 0.3 is 6.16 Å². The number of carbonyl (C=O) groups is 1. The van der Waals surface area contributed by atoms with Gasteiger partial charge in [0.2, 0.25) is 0 Å². The number of hydrogen-bond acceptors (Lipinski definition) is 1. The Morgan fingerprint density at radius 2 is 1.40 bits per heavy atom. The second kappa shape index (κ2) is 9.77. The van der Waals surface area contributed by atoms with Gasteiger partial charge in [-0.3, -0.25) is 0 Å². The number of unbranched alkanes of at least 4 members (excludes halogenated alkanes) is 4. The SMILES string of the molecule is CCCCCCC[N+](C)(C)C.O=C(O)O. The predicted molar refractivity (Wildman–Crippen MR) is 62.3 cm³/mol. The highest BCUT2D eigenvalue weighted by atomic mass is 16.6. The Labute approximate surface area is 93.1 Å². The van der Waals surface area contributed by atoms with Crippen molar-refractivity contribution in [1.82, 2.24) is 0 Å². The minimum absolute atomic E-state index is 1.12. The van der Waals surface area contributed by atoms with Gasteiger partial charge in [0.1, 0.15) is 0 Å². The minimum Gasteiger partial charge on any atom is -0.450 e. The van der Waals surface area contributed by atoms with Gasteiger partial charge in [-0.05, 0) is 12.8 Å². The van der Waals surface area contributed by atoms with E-state index in [1.165, 1.54) is 38.6 Å². The lowest BCUT2D eigenvalue weighted by molar-refractivity contribution is -0.870. The van der Waals surface area contributed by atoms with E-state index in [1.807, 2.05) is 0 Å². The van der Waals surface area contributed by atoms with Crippen molar-refractivity contribution in [2.75, 3.05) is 27.7 Å². The van der Waals surface area contributed by atoms with Gasteiger partial charge in [-0.2, -0.15) is 0 Å². The summed E-state index contributed by atoms with van der Waals surface area (Å²) in [5.74, 6) is 0. The quantitative estimate of drug-likeness (QED) is 0.534. The summed E-state index contributed by atoms with van der Waals surface area (Å²) in [6.45, 7) is 3.59. The number of nitrogens with zero attached hydrogens (tertiary/aromatic N) is 1. The molecule has 0 spiro atoms. The highest BCUT2D eigenvalue weighted by Gasteiger charge is 2.04. The lowest BCUT2D eigenvalue weighted by Gasteiger charge is -2.23. The van der Waals surface area contributed by atoms with Gasteiger partial charge in [-0.15, -0.1) is 0 Å². The average Bonchev–Trinajstić information content (AvgIpc) is 2.01. The van der Waals surface area contributed by atoms with Crippen molar-refractivity contribution in [2.24, 2.45) is 0 Å². The zero-order valence-corrected chi connectivity index (χ0v) is 10.5. The molecule has 2 N–H and O–H groups in total. The fourth-order valence-electron chi connectivity index (χ4n) is 1.19. The summed E-state index contributed by atoms with van der Waals surface area (Å²) in [7, 11) is 6.79. The number of hydrogen-bond donors (Lipinski definition) is 2. The molecule has 0 aliphatic heterocycles. The van der Waals surface area contributed by atoms with E-state index in [2.05, 4.69) is 28.1 Å². The monoisotopic (exact) mass is 220 g/mol. The van der Waals surface area contributed by atoms with Crippen LogP contribution in [-0.4, -0.2) is 48.5 Å². The van der Waals surface area contributed by atoms with E-state index in [0.29, 0.717) is 0 Å². The van der Waals surface area contributed by atoms with Crippen LogP contribution in [0.2, 0.25) is 0 Å². The van der Waals surface area contributed by atoms with Crippen LogP contribution in [-0.2, 0) is 0 Å². The van der Waals surface area contributed by atoms with Crippen LogP contribution < -0.4 is 0 Å². The molecule has 0 bridgehead atoms. The maximum absolute atomic E-state index is 8.56. The maximum Gasteiger partial charge on any atom is 0.503 e. The van der Waals surface area contributed by atoms with Crippen LogP contribution in [0.3, 0.4) is 0 Å². The average molecular weight is 220 g/mol. The zero-order valence-electron chi connectivity index (χ0n) is 10.5. The zero-order chi connectivity index (χ0) is 12.3. The first-order valence-electron chi connectivity index (χ1n) is 5.52. The molecule has 0 saturated carbocycles. The molecule has 92 valence electrons. The van der Waals surface area contributed by atoms with Gasteiger partial charge in [0.05, 0.1) is 27.7 Å². The van der Waals surface area contributed by atoms with E-state index in [4.69, 9.17) is 15.0 Å². The van der Waals surface area contributed by atoms with Crippen molar-refractivity contribution < 1.29 is 19.5 Å². The van der Waals surface area contributed by atoms with Crippen molar-refractivity contribution in [1.29, 1.82) is 0 Å². The smallest absolute Gasteiger partial charge is 0.450 e. The normalized spacial score (nSPS) is 10.4. The predicted octanol–water partition coefficient (Wildman–Crippen LogP) is 2.89. The Hall–Kier alpha value is -0.770. The molecule has 0 atom stereocenters. The Morgan fingerprint density at radius 3 is 1.73 bits per heavy atom. The molecule has 0 fully saturated rings. The van der Waals surface area contributed by atoms with Gasteiger partial charge in [0.25, 0.3) is 0 Å². The van der Waals surface area contributed by atoms with Gasteiger partial charge in [0, 0.05) is 0 Å². The first kappa shape index (κ1) is 16.7. The van der Waals surface area contributed by atoms with Crippen LogP contribution in [0.1, 0.15) is 39.0 Å². The molecular formula is C11H26NO3+. The molecule has 0 radical (unpaired) electrons. The molecule has 0 aromatic rings. The Kier molecular flexibility index (Phi) is 10.8. The van der Waals surface area contributed by atoms with E-state index >= 15 is 0 Å². The third-order valence-corrected chi connectivity index (χ3v) is 1.93. The standard InChI is InChI=1S/C10H24N.CH2O3/c1-5-6-7-8-9-10-11(2,3)4;2-1(3)4/h5-10H2,1-4H3;(H2,2,3,4)/q+1;. The van der Waals surface area contributed by atoms with Crippen molar-refractivity contribution >= 4 is 6.16 Å². The molecule has 4 heteroatoms. The molecular weight excluding hydrogens is 194 g/mol.